The van der Waals surface area contributed by atoms with Crippen LogP contribution in [-0.2, 0) is 9.59 Å². The highest BCUT2D eigenvalue weighted by atomic mass is 127. The first-order chi connectivity index (χ1) is 13.4. The van der Waals surface area contributed by atoms with Crippen LogP contribution >= 0.6 is 22.6 Å². The van der Waals surface area contributed by atoms with Gasteiger partial charge in [0.1, 0.15) is 0 Å². The van der Waals surface area contributed by atoms with Crippen LogP contribution in [0.3, 0.4) is 0 Å². The minimum Gasteiger partial charge on any atom is -0.504 e. The predicted molar refractivity (Wildman–Crippen MR) is 114 cm³/mol. The number of phenols is 1. The molecule has 0 amide bonds. The second-order valence-electron chi connectivity index (χ2n) is 7.55. The van der Waals surface area contributed by atoms with E-state index in [4.69, 9.17) is 4.74 Å². The second-order valence-corrected chi connectivity index (χ2v) is 8.71. The van der Waals surface area contributed by atoms with Crippen molar-refractivity contribution in [3.05, 3.63) is 43.8 Å². The number of halogens is 1. The van der Waals surface area contributed by atoms with E-state index in [9.17, 15) is 14.7 Å². The Bertz CT molecular complexity index is 887. The number of rotatable bonds is 3. The van der Waals surface area contributed by atoms with Crippen LogP contribution < -0.4 is 4.74 Å². The molecule has 1 aromatic rings. The van der Waals surface area contributed by atoms with Gasteiger partial charge in [0, 0.05) is 48.3 Å². The summed E-state index contributed by atoms with van der Waals surface area (Å²) in [4.78, 5) is 28.1. The summed E-state index contributed by atoms with van der Waals surface area (Å²) in [6.07, 6.45) is 4.45. The molecule has 4 rings (SSSR count). The Morgan fingerprint density at radius 3 is 2.18 bits per heavy atom. The van der Waals surface area contributed by atoms with Crippen LogP contribution in [-0.4, -0.2) is 35.2 Å². The molecule has 28 heavy (non-hydrogen) atoms. The zero-order valence-corrected chi connectivity index (χ0v) is 18.3. The molecule has 1 N–H and O–H groups in total. The van der Waals surface area contributed by atoms with Crippen molar-refractivity contribution < 1.29 is 19.4 Å². The van der Waals surface area contributed by atoms with Gasteiger partial charge in [0.05, 0.1) is 10.2 Å². The Labute approximate surface area is 178 Å². The summed E-state index contributed by atoms with van der Waals surface area (Å²) in [5.74, 6) is 0.398. The van der Waals surface area contributed by atoms with Crippen molar-refractivity contribution in [2.24, 2.45) is 0 Å². The Morgan fingerprint density at radius 1 is 1.07 bits per heavy atom. The van der Waals surface area contributed by atoms with Crippen LogP contribution in [0.5, 0.6) is 11.5 Å². The third kappa shape index (κ3) is 3.06. The standard InChI is InChI=1S/C22H24INO4/c1-3-28-18-11-12(10-13(23)22(18)27)19-20-14(6-4-8-16(20)25)24(2)15-7-5-9-17(26)21(15)19/h10-11,19,27H,3-9H2,1-2H3. The first-order valence-corrected chi connectivity index (χ1v) is 10.9. The number of carbonyl (C=O) groups excluding carboxylic acids is 2. The molecule has 6 heteroatoms. The fraction of sp³-hybridized carbons (Fsp3) is 0.455. The monoisotopic (exact) mass is 493 g/mol. The normalized spacial score (nSPS) is 20.5. The van der Waals surface area contributed by atoms with Crippen molar-refractivity contribution in [2.45, 2.75) is 51.4 Å². The molecule has 2 aliphatic carbocycles. The van der Waals surface area contributed by atoms with Gasteiger partial charge >= 0.3 is 0 Å². The first-order valence-electron chi connectivity index (χ1n) is 9.85. The largest absolute Gasteiger partial charge is 0.504 e. The van der Waals surface area contributed by atoms with Crippen molar-refractivity contribution >= 4 is 34.2 Å². The average molecular weight is 493 g/mol. The van der Waals surface area contributed by atoms with E-state index < -0.39 is 0 Å². The number of aromatic hydroxyl groups is 1. The second kappa shape index (κ2) is 7.54. The summed E-state index contributed by atoms with van der Waals surface area (Å²) < 4.78 is 6.29. The lowest BCUT2D eigenvalue weighted by Gasteiger charge is -2.42. The van der Waals surface area contributed by atoms with E-state index in [2.05, 4.69) is 27.5 Å². The molecule has 0 spiro atoms. The zero-order chi connectivity index (χ0) is 20.0. The molecule has 0 aromatic heterocycles. The van der Waals surface area contributed by atoms with E-state index in [1.165, 1.54) is 0 Å². The first kappa shape index (κ1) is 19.5. The molecule has 0 saturated carbocycles. The Balaban J connectivity index is 1.96. The van der Waals surface area contributed by atoms with Crippen LogP contribution in [0.4, 0.5) is 0 Å². The summed E-state index contributed by atoms with van der Waals surface area (Å²) in [5, 5.41) is 10.4. The Kier molecular flexibility index (Phi) is 5.24. The zero-order valence-electron chi connectivity index (χ0n) is 16.2. The van der Waals surface area contributed by atoms with E-state index >= 15 is 0 Å². The maximum absolute atomic E-state index is 13.0. The molecule has 0 fully saturated rings. The molecule has 0 radical (unpaired) electrons. The van der Waals surface area contributed by atoms with E-state index in [1.807, 2.05) is 20.0 Å². The maximum atomic E-state index is 13.0. The fourth-order valence-electron chi connectivity index (χ4n) is 4.71. The van der Waals surface area contributed by atoms with Gasteiger partial charge in [-0.15, -0.1) is 0 Å². The minimum atomic E-state index is -0.366. The van der Waals surface area contributed by atoms with Crippen LogP contribution in [0, 0.1) is 3.57 Å². The lowest BCUT2D eigenvalue weighted by atomic mass is 9.71. The van der Waals surface area contributed by atoms with Crippen molar-refractivity contribution in [1.82, 2.24) is 4.90 Å². The molecular weight excluding hydrogens is 469 g/mol. The smallest absolute Gasteiger partial charge is 0.171 e. The van der Waals surface area contributed by atoms with Gasteiger partial charge in [-0.1, -0.05) is 0 Å². The number of allylic oxidation sites excluding steroid dienone is 4. The van der Waals surface area contributed by atoms with Crippen LogP contribution in [0.15, 0.2) is 34.7 Å². The topological polar surface area (TPSA) is 66.8 Å². The molecule has 148 valence electrons. The highest BCUT2D eigenvalue weighted by Gasteiger charge is 2.42. The van der Waals surface area contributed by atoms with Crippen molar-refractivity contribution in [3.8, 4) is 11.5 Å². The van der Waals surface area contributed by atoms with Gasteiger partial charge in [-0.2, -0.15) is 0 Å². The predicted octanol–water partition coefficient (Wildman–Crippen LogP) is 4.44. The molecular formula is C22H24INO4. The SMILES string of the molecule is CCOc1cc(C2C3=C(CCCC3=O)N(C)C3=C2C(=O)CCC3)cc(I)c1O. The number of Topliss-reactive ketones (excluding diaryl/α,β-unsaturated/α-hetero) is 2. The molecule has 0 bridgehead atoms. The number of carbonyl (C=O) groups is 2. The fourth-order valence-corrected chi connectivity index (χ4v) is 5.34. The molecule has 0 unspecified atom stereocenters. The van der Waals surface area contributed by atoms with Gasteiger partial charge in [-0.05, 0) is 72.9 Å². The van der Waals surface area contributed by atoms with Crippen molar-refractivity contribution in [2.75, 3.05) is 13.7 Å². The summed E-state index contributed by atoms with van der Waals surface area (Å²) in [7, 11) is 1.99. The summed E-state index contributed by atoms with van der Waals surface area (Å²) in [6, 6.07) is 3.68. The van der Waals surface area contributed by atoms with E-state index in [0.29, 0.717) is 28.8 Å². The number of nitrogens with zero attached hydrogens (tertiary/aromatic N) is 1. The lowest BCUT2D eigenvalue weighted by Crippen LogP contribution is -2.37. The number of ether oxygens (including phenoxy) is 1. The van der Waals surface area contributed by atoms with Gasteiger partial charge < -0.3 is 14.7 Å². The van der Waals surface area contributed by atoms with Crippen LogP contribution in [0.2, 0.25) is 0 Å². The third-order valence-electron chi connectivity index (χ3n) is 5.93. The summed E-state index contributed by atoms with van der Waals surface area (Å²) >= 11 is 2.08. The van der Waals surface area contributed by atoms with Crippen molar-refractivity contribution in [1.29, 1.82) is 0 Å². The van der Waals surface area contributed by atoms with E-state index in [-0.39, 0.29) is 23.2 Å². The number of hydrogen-bond donors (Lipinski definition) is 1. The molecule has 1 aliphatic heterocycles. The minimum absolute atomic E-state index is 0.104. The quantitative estimate of drug-likeness (QED) is 0.631. The highest BCUT2D eigenvalue weighted by molar-refractivity contribution is 14.1. The molecule has 1 heterocycles. The van der Waals surface area contributed by atoms with Gasteiger partial charge in [0.2, 0.25) is 0 Å². The number of hydrogen-bond acceptors (Lipinski definition) is 5. The average Bonchev–Trinajstić information content (AvgIpc) is 2.67. The van der Waals surface area contributed by atoms with E-state index in [0.717, 1.165) is 53.8 Å². The van der Waals surface area contributed by atoms with Gasteiger partial charge in [0.15, 0.2) is 23.1 Å². The lowest BCUT2D eigenvalue weighted by molar-refractivity contribution is -0.117. The Hall–Kier alpha value is -1.83. The van der Waals surface area contributed by atoms with Crippen molar-refractivity contribution in [3.63, 3.8) is 0 Å². The Morgan fingerprint density at radius 2 is 1.64 bits per heavy atom. The maximum Gasteiger partial charge on any atom is 0.171 e. The number of benzene rings is 1. The number of phenolic OH excluding ortho intramolecular Hbond substituents is 1. The van der Waals surface area contributed by atoms with Gasteiger partial charge in [-0.25, -0.2) is 0 Å². The summed E-state index contributed by atoms with van der Waals surface area (Å²) in [5.41, 5.74) is 4.47. The molecule has 0 saturated heterocycles. The third-order valence-corrected chi connectivity index (χ3v) is 6.75. The summed E-state index contributed by atoms with van der Waals surface area (Å²) in [6.45, 7) is 2.30. The van der Waals surface area contributed by atoms with Gasteiger partial charge in [-0.3, -0.25) is 9.59 Å². The highest BCUT2D eigenvalue weighted by Crippen LogP contribution is 2.50. The number of ketones is 2. The van der Waals surface area contributed by atoms with E-state index in [1.54, 1.807) is 6.07 Å². The van der Waals surface area contributed by atoms with Crippen LogP contribution in [0.25, 0.3) is 0 Å². The van der Waals surface area contributed by atoms with Crippen LogP contribution in [0.1, 0.15) is 56.9 Å². The molecule has 0 atom stereocenters. The molecule has 3 aliphatic rings. The molecule has 5 nitrogen and oxygen atoms in total. The van der Waals surface area contributed by atoms with Gasteiger partial charge in [0.25, 0.3) is 0 Å². The molecule has 1 aromatic carbocycles.